The van der Waals surface area contributed by atoms with Gasteiger partial charge in [-0.1, -0.05) is 26.7 Å². The van der Waals surface area contributed by atoms with E-state index in [1.165, 1.54) is 0 Å². The van der Waals surface area contributed by atoms with Crippen molar-refractivity contribution in [1.29, 1.82) is 0 Å². The molecule has 4 nitrogen and oxygen atoms in total. The second kappa shape index (κ2) is 9.34. The van der Waals surface area contributed by atoms with Crippen molar-refractivity contribution in [3.8, 4) is 0 Å². The zero-order chi connectivity index (χ0) is 11.6. The highest BCUT2D eigenvalue weighted by molar-refractivity contribution is 7.48. The smallest absolute Gasteiger partial charge is 0.287 e. The van der Waals surface area contributed by atoms with E-state index in [9.17, 15) is 4.57 Å². The maximum atomic E-state index is 11.9. The van der Waals surface area contributed by atoms with Gasteiger partial charge in [-0.2, -0.15) is 0 Å². The molecule has 0 N–H and O–H groups in total. The van der Waals surface area contributed by atoms with Crippen LogP contribution in [0.3, 0.4) is 0 Å². The van der Waals surface area contributed by atoms with Crippen LogP contribution in [0.15, 0.2) is 0 Å². The number of rotatable bonds is 10. The van der Waals surface area contributed by atoms with Crippen LogP contribution in [-0.2, 0) is 18.1 Å². The fourth-order valence-corrected chi connectivity index (χ4v) is 2.16. The number of phosphoric acid groups is 1. The normalized spacial score (nSPS) is 11.9. The number of unbranched alkanes of at least 4 members (excludes halogenated alkanes) is 2. The standard InChI is InChI=1S/C10H23O4P/c1-4-7-9-13-15(11,12-6-3)14-10-8-5-2/h4-10H2,1-3H3. The van der Waals surface area contributed by atoms with Gasteiger partial charge in [-0.25, -0.2) is 4.57 Å². The van der Waals surface area contributed by atoms with Gasteiger partial charge >= 0.3 is 7.82 Å². The molecule has 0 spiro atoms. The molecule has 15 heavy (non-hydrogen) atoms. The summed E-state index contributed by atoms with van der Waals surface area (Å²) in [4.78, 5) is 0. The Hall–Kier alpha value is 0.110. The van der Waals surface area contributed by atoms with E-state index in [1.807, 2.05) is 13.8 Å². The van der Waals surface area contributed by atoms with E-state index in [0.717, 1.165) is 25.7 Å². The van der Waals surface area contributed by atoms with Gasteiger partial charge in [-0.05, 0) is 19.8 Å². The lowest BCUT2D eigenvalue weighted by Crippen LogP contribution is -2.02. The van der Waals surface area contributed by atoms with Gasteiger partial charge in [0.05, 0.1) is 19.8 Å². The molecule has 0 radical (unpaired) electrons. The molecule has 0 saturated heterocycles. The van der Waals surface area contributed by atoms with Gasteiger partial charge in [0.2, 0.25) is 0 Å². The number of phosphoric ester groups is 1. The van der Waals surface area contributed by atoms with Crippen molar-refractivity contribution < 1.29 is 18.1 Å². The van der Waals surface area contributed by atoms with Crippen molar-refractivity contribution in [1.82, 2.24) is 0 Å². The molecule has 0 atom stereocenters. The van der Waals surface area contributed by atoms with E-state index in [2.05, 4.69) is 0 Å². The summed E-state index contributed by atoms with van der Waals surface area (Å²) in [5.41, 5.74) is 0. The van der Waals surface area contributed by atoms with Gasteiger partial charge in [0.25, 0.3) is 0 Å². The fraction of sp³-hybridized carbons (Fsp3) is 1.00. The summed E-state index contributed by atoms with van der Waals surface area (Å²) in [7, 11) is -3.28. The molecule has 0 unspecified atom stereocenters. The first kappa shape index (κ1) is 15.1. The quantitative estimate of drug-likeness (QED) is 0.429. The minimum Gasteiger partial charge on any atom is -0.287 e. The molecule has 0 aromatic rings. The van der Waals surface area contributed by atoms with Crippen molar-refractivity contribution in [2.24, 2.45) is 0 Å². The maximum Gasteiger partial charge on any atom is 0.474 e. The molecular weight excluding hydrogens is 215 g/mol. The van der Waals surface area contributed by atoms with E-state index < -0.39 is 7.82 Å². The zero-order valence-electron chi connectivity index (χ0n) is 10.0. The molecule has 0 aromatic carbocycles. The van der Waals surface area contributed by atoms with Crippen molar-refractivity contribution >= 4 is 7.82 Å². The molecule has 0 aliphatic rings. The molecule has 5 heteroatoms. The zero-order valence-corrected chi connectivity index (χ0v) is 10.9. The van der Waals surface area contributed by atoms with Crippen LogP contribution in [0.1, 0.15) is 46.5 Å². The Labute approximate surface area is 92.9 Å². The number of hydrogen-bond acceptors (Lipinski definition) is 4. The molecule has 0 aliphatic heterocycles. The minimum absolute atomic E-state index is 0.343. The first-order chi connectivity index (χ1) is 7.18. The van der Waals surface area contributed by atoms with Crippen LogP contribution in [0.2, 0.25) is 0 Å². The molecule has 0 rings (SSSR count). The molecule has 0 aromatic heterocycles. The molecular formula is C10H23O4P. The predicted octanol–water partition coefficient (Wildman–Crippen LogP) is 3.76. The highest BCUT2D eigenvalue weighted by Gasteiger charge is 2.25. The lowest BCUT2D eigenvalue weighted by Gasteiger charge is -2.16. The maximum absolute atomic E-state index is 11.9. The Morgan fingerprint density at radius 3 is 1.67 bits per heavy atom. The third-order valence-corrected chi connectivity index (χ3v) is 3.35. The largest absolute Gasteiger partial charge is 0.474 e. The predicted molar refractivity (Wildman–Crippen MR) is 61.0 cm³/mol. The summed E-state index contributed by atoms with van der Waals surface area (Å²) in [6.45, 7) is 7.08. The van der Waals surface area contributed by atoms with Crippen LogP contribution in [0.25, 0.3) is 0 Å². The summed E-state index contributed by atoms with van der Waals surface area (Å²) >= 11 is 0. The molecule has 92 valence electrons. The van der Waals surface area contributed by atoms with Gasteiger partial charge in [0.1, 0.15) is 0 Å². The van der Waals surface area contributed by atoms with Crippen LogP contribution in [-0.4, -0.2) is 19.8 Å². The summed E-state index contributed by atoms with van der Waals surface area (Å²) in [6, 6.07) is 0. The van der Waals surface area contributed by atoms with Crippen LogP contribution in [0, 0.1) is 0 Å². The molecule has 0 fully saturated rings. The lowest BCUT2D eigenvalue weighted by atomic mass is 10.4. The van der Waals surface area contributed by atoms with Gasteiger partial charge in [-0.3, -0.25) is 13.6 Å². The van der Waals surface area contributed by atoms with Crippen LogP contribution in [0.5, 0.6) is 0 Å². The van der Waals surface area contributed by atoms with E-state index in [-0.39, 0.29) is 0 Å². The van der Waals surface area contributed by atoms with Gasteiger partial charge in [-0.15, -0.1) is 0 Å². The van der Waals surface area contributed by atoms with Crippen molar-refractivity contribution in [3.05, 3.63) is 0 Å². The molecule has 0 amide bonds. The van der Waals surface area contributed by atoms with E-state index >= 15 is 0 Å². The van der Waals surface area contributed by atoms with Crippen LogP contribution >= 0.6 is 7.82 Å². The highest BCUT2D eigenvalue weighted by Crippen LogP contribution is 2.49. The second-order valence-electron chi connectivity index (χ2n) is 3.24. The second-order valence-corrected chi connectivity index (χ2v) is 4.91. The summed E-state index contributed by atoms with van der Waals surface area (Å²) in [6.07, 6.45) is 3.74. The first-order valence-electron chi connectivity index (χ1n) is 5.72. The Morgan fingerprint density at radius 1 is 0.867 bits per heavy atom. The monoisotopic (exact) mass is 238 g/mol. The van der Waals surface area contributed by atoms with Gasteiger partial charge < -0.3 is 0 Å². The van der Waals surface area contributed by atoms with Crippen molar-refractivity contribution in [2.75, 3.05) is 19.8 Å². The van der Waals surface area contributed by atoms with E-state index in [0.29, 0.717) is 19.8 Å². The SMILES string of the molecule is CCCCOP(=O)(OCC)OCCCC. The Bertz CT molecular complexity index is 170. The topological polar surface area (TPSA) is 44.8 Å². The third-order valence-electron chi connectivity index (χ3n) is 1.78. The average molecular weight is 238 g/mol. The van der Waals surface area contributed by atoms with Crippen molar-refractivity contribution in [3.63, 3.8) is 0 Å². The Morgan fingerprint density at radius 2 is 1.33 bits per heavy atom. The van der Waals surface area contributed by atoms with E-state index in [1.54, 1.807) is 6.92 Å². The fourth-order valence-electron chi connectivity index (χ4n) is 0.911. The van der Waals surface area contributed by atoms with Crippen LogP contribution in [0.4, 0.5) is 0 Å². The molecule has 0 heterocycles. The number of hydrogen-bond donors (Lipinski definition) is 0. The average Bonchev–Trinajstić information content (AvgIpc) is 2.19. The molecule has 0 saturated carbocycles. The van der Waals surface area contributed by atoms with E-state index in [4.69, 9.17) is 13.6 Å². The lowest BCUT2D eigenvalue weighted by molar-refractivity contribution is 0.115. The highest BCUT2D eigenvalue weighted by atomic mass is 31.2. The third kappa shape index (κ3) is 7.97. The van der Waals surface area contributed by atoms with Gasteiger partial charge in [0, 0.05) is 0 Å². The summed E-state index contributed by atoms with van der Waals surface area (Å²) in [5.74, 6) is 0. The molecule has 0 bridgehead atoms. The first-order valence-corrected chi connectivity index (χ1v) is 7.18. The summed E-state index contributed by atoms with van der Waals surface area (Å²) in [5, 5.41) is 0. The van der Waals surface area contributed by atoms with Crippen LogP contribution < -0.4 is 0 Å². The summed E-state index contributed by atoms with van der Waals surface area (Å²) < 4.78 is 27.3. The Balaban J connectivity index is 3.89. The van der Waals surface area contributed by atoms with Gasteiger partial charge in [0.15, 0.2) is 0 Å². The molecule has 0 aliphatic carbocycles. The minimum atomic E-state index is -3.28. The Kier molecular flexibility index (Phi) is 9.41. The van der Waals surface area contributed by atoms with Crippen molar-refractivity contribution in [2.45, 2.75) is 46.5 Å².